The number of carbonyl (C=O) groups excluding carboxylic acids is 1. The fraction of sp³-hybridized carbons (Fsp3) is 0.174. The van der Waals surface area contributed by atoms with Crippen LogP contribution in [0.1, 0.15) is 12.5 Å². The normalized spacial score (nSPS) is 11.1. The van der Waals surface area contributed by atoms with E-state index in [2.05, 4.69) is 5.32 Å². The van der Waals surface area contributed by atoms with Gasteiger partial charge in [-0.05, 0) is 74.5 Å². The molecule has 0 unspecified atom stereocenters. The molecule has 8 heteroatoms. The summed E-state index contributed by atoms with van der Waals surface area (Å²) in [5.41, 5.74) is 1.79. The summed E-state index contributed by atoms with van der Waals surface area (Å²) < 4.78 is 46.1. The van der Waals surface area contributed by atoms with Gasteiger partial charge in [0.25, 0.3) is 10.0 Å². The molecule has 0 aliphatic carbocycles. The molecule has 0 radical (unpaired) electrons. The maximum Gasteiger partial charge on any atom is 0.264 e. The number of ether oxygens (including phenoxy) is 1. The fourth-order valence-electron chi connectivity index (χ4n) is 2.89. The number of aryl methyl sites for hydroxylation is 1. The second kappa shape index (κ2) is 9.61. The summed E-state index contributed by atoms with van der Waals surface area (Å²) >= 11 is 0. The molecule has 0 atom stereocenters. The molecule has 3 aromatic carbocycles. The number of halogens is 1. The van der Waals surface area contributed by atoms with Gasteiger partial charge in [0.2, 0.25) is 5.91 Å². The van der Waals surface area contributed by atoms with E-state index in [1.807, 2.05) is 13.8 Å². The quantitative estimate of drug-likeness (QED) is 0.562. The van der Waals surface area contributed by atoms with Crippen molar-refractivity contribution in [2.75, 3.05) is 22.8 Å². The molecule has 0 saturated heterocycles. The Bertz CT molecular complexity index is 1130. The van der Waals surface area contributed by atoms with Gasteiger partial charge in [-0.25, -0.2) is 12.8 Å². The number of nitrogens with zero attached hydrogens (tertiary/aromatic N) is 1. The molecular weight excluding hydrogens is 419 g/mol. The predicted octanol–water partition coefficient (Wildman–Crippen LogP) is 4.37. The molecule has 0 aromatic heterocycles. The summed E-state index contributed by atoms with van der Waals surface area (Å²) in [5, 5.41) is 2.69. The van der Waals surface area contributed by atoms with E-state index in [-0.39, 0.29) is 4.90 Å². The lowest BCUT2D eigenvalue weighted by molar-refractivity contribution is -0.114. The highest BCUT2D eigenvalue weighted by atomic mass is 32.2. The SMILES string of the molecule is CCOc1ccc(NC(=O)CN(c2ccc(C)cc2)S(=O)(=O)c2ccc(F)cc2)cc1. The number of amides is 1. The molecule has 162 valence electrons. The smallest absolute Gasteiger partial charge is 0.264 e. The topological polar surface area (TPSA) is 75.7 Å². The van der Waals surface area contributed by atoms with Crippen molar-refractivity contribution in [2.24, 2.45) is 0 Å². The molecule has 0 fully saturated rings. The predicted molar refractivity (Wildman–Crippen MR) is 118 cm³/mol. The zero-order valence-electron chi connectivity index (χ0n) is 17.2. The van der Waals surface area contributed by atoms with Gasteiger partial charge in [-0.2, -0.15) is 0 Å². The third-order valence-electron chi connectivity index (χ3n) is 4.46. The number of benzene rings is 3. The Morgan fingerprint density at radius 2 is 1.58 bits per heavy atom. The van der Waals surface area contributed by atoms with E-state index >= 15 is 0 Å². The molecule has 0 saturated carbocycles. The van der Waals surface area contributed by atoms with E-state index in [1.165, 1.54) is 12.1 Å². The Kier molecular flexibility index (Phi) is 6.91. The molecule has 6 nitrogen and oxygen atoms in total. The minimum atomic E-state index is -4.10. The number of sulfonamides is 1. The van der Waals surface area contributed by atoms with Crippen LogP contribution in [-0.2, 0) is 14.8 Å². The van der Waals surface area contributed by atoms with E-state index < -0.39 is 28.3 Å². The van der Waals surface area contributed by atoms with Gasteiger partial charge in [0.1, 0.15) is 18.1 Å². The number of anilines is 2. The molecule has 3 rings (SSSR count). The Morgan fingerprint density at radius 1 is 0.968 bits per heavy atom. The third kappa shape index (κ3) is 5.61. The lowest BCUT2D eigenvalue weighted by atomic mass is 10.2. The Hall–Kier alpha value is -3.39. The summed E-state index contributed by atoms with van der Waals surface area (Å²) in [6.07, 6.45) is 0. The van der Waals surface area contributed by atoms with Gasteiger partial charge in [0, 0.05) is 5.69 Å². The molecule has 0 bridgehead atoms. The minimum Gasteiger partial charge on any atom is -0.494 e. The monoisotopic (exact) mass is 442 g/mol. The van der Waals surface area contributed by atoms with Gasteiger partial charge in [-0.3, -0.25) is 9.10 Å². The summed E-state index contributed by atoms with van der Waals surface area (Å²) in [6, 6.07) is 18.0. The van der Waals surface area contributed by atoms with Crippen LogP contribution in [0, 0.1) is 12.7 Å². The van der Waals surface area contributed by atoms with Crippen LogP contribution in [0.25, 0.3) is 0 Å². The van der Waals surface area contributed by atoms with E-state index in [0.717, 1.165) is 22.0 Å². The molecule has 31 heavy (non-hydrogen) atoms. The van der Waals surface area contributed by atoms with Gasteiger partial charge in [0.15, 0.2) is 0 Å². The second-order valence-electron chi connectivity index (χ2n) is 6.81. The molecule has 0 aliphatic heterocycles. The average Bonchev–Trinajstić information content (AvgIpc) is 2.75. The number of nitrogens with one attached hydrogen (secondary N) is 1. The Balaban J connectivity index is 1.86. The lowest BCUT2D eigenvalue weighted by Gasteiger charge is -2.24. The molecule has 1 N–H and O–H groups in total. The minimum absolute atomic E-state index is 0.108. The van der Waals surface area contributed by atoms with Crippen LogP contribution >= 0.6 is 0 Å². The van der Waals surface area contributed by atoms with Crippen LogP contribution in [0.15, 0.2) is 77.7 Å². The first-order valence-corrected chi connectivity index (χ1v) is 11.1. The number of rotatable bonds is 8. The van der Waals surface area contributed by atoms with Crippen LogP contribution in [0.5, 0.6) is 5.75 Å². The van der Waals surface area contributed by atoms with Crippen molar-refractivity contribution in [3.63, 3.8) is 0 Å². The molecule has 0 heterocycles. The van der Waals surface area contributed by atoms with Crippen molar-refractivity contribution in [3.05, 3.63) is 84.2 Å². The van der Waals surface area contributed by atoms with Crippen molar-refractivity contribution in [1.82, 2.24) is 0 Å². The molecule has 0 aliphatic rings. The van der Waals surface area contributed by atoms with Crippen molar-refractivity contribution in [1.29, 1.82) is 0 Å². The van der Waals surface area contributed by atoms with Crippen molar-refractivity contribution in [3.8, 4) is 5.75 Å². The van der Waals surface area contributed by atoms with Crippen LogP contribution in [0.3, 0.4) is 0 Å². The van der Waals surface area contributed by atoms with Gasteiger partial charge < -0.3 is 10.1 Å². The van der Waals surface area contributed by atoms with Gasteiger partial charge in [0.05, 0.1) is 17.2 Å². The lowest BCUT2D eigenvalue weighted by Crippen LogP contribution is -2.38. The van der Waals surface area contributed by atoms with E-state index in [0.29, 0.717) is 23.7 Å². The highest BCUT2D eigenvalue weighted by Crippen LogP contribution is 2.24. The first kappa shape index (κ1) is 22.3. The van der Waals surface area contributed by atoms with Crippen LogP contribution < -0.4 is 14.4 Å². The van der Waals surface area contributed by atoms with E-state index in [4.69, 9.17) is 4.74 Å². The average molecular weight is 443 g/mol. The summed E-state index contributed by atoms with van der Waals surface area (Å²) in [5.74, 6) is -0.398. The Labute approximate surface area is 181 Å². The highest BCUT2D eigenvalue weighted by Gasteiger charge is 2.27. The largest absolute Gasteiger partial charge is 0.494 e. The van der Waals surface area contributed by atoms with Crippen LogP contribution in [-0.4, -0.2) is 27.5 Å². The Morgan fingerprint density at radius 3 is 2.16 bits per heavy atom. The molecule has 3 aromatic rings. The second-order valence-corrected chi connectivity index (χ2v) is 8.67. The maximum atomic E-state index is 13.3. The summed E-state index contributed by atoms with van der Waals surface area (Å²) in [6.45, 7) is 3.83. The number of hydrogen-bond acceptors (Lipinski definition) is 4. The first-order chi connectivity index (χ1) is 14.8. The maximum absolute atomic E-state index is 13.3. The van der Waals surface area contributed by atoms with Crippen molar-refractivity contribution >= 4 is 27.3 Å². The van der Waals surface area contributed by atoms with Gasteiger partial charge in [-0.1, -0.05) is 17.7 Å². The van der Waals surface area contributed by atoms with Crippen molar-refractivity contribution < 1.29 is 22.3 Å². The van der Waals surface area contributed by atoms with Crippen LogP contribution in [0.4, 0.5) is 15.8 Å². The third-order valence-corrected chi connectivity index (χ3v) is 6.25. The molecular formula is C23H23FN2O4S. The zero-order chi connectivity index (χ0) is 22.4. The molecule has 1 amide bonds. The number of hydrogen-bond donors (Lipinski definition) is 1. The van der Waals surface area contributed by atoms with Crippen LogP contribution in [0.2, 0.25) is 0 Å². The number of carbonyl (C=O) groups is 1. The summed E-state index contributed by atoms with van der Waals surface area (Å²) in [4.78, 5) is 12.6. The molecule has 0 spiro atoms. The van der Waals surface area contributed by atoms with Gasteiger partial charge >= 0.3 is 0 Å². The fourth-order valence-corrected chi connectivity index (χ4v) is 4.31. The summed E-state index contributed by atoms with van der Waals surface area (Å²) in [7, 11) is -4.10. The van der Waals surface area contributed by atoms with Gasteiger partial charge in [-0.15, -0.1) is 0 Å². The zero-order valence-corrected chi connectivity index (χ0v) is 18.0. The van der Waals surface area contributed by atoms with E-state index in [1.54, 1.807) is 48.5 Å². The standard InChI is InChI=1S/C23H23FN2O4S/c1-3-30-21-12-8-19(9-13-21)25-23(27)16-26(20-10-4-17(2)5-11-20)31(28,29)22-14-6-18(24)7-15-22/h4-15H,3,16H2,1-2H3,(H,25,27). The van der Waals surface area contributed by atoms with E-state index in [9.17, 15) is 17.6 Å². The first-order valence-electron chi connectivity index (χ1n) is 9.67. The van der Waals surface area contributed by atoms with Crippen molar-refractivity contribution in [2.45, 2.75) is 18.7 Å². The highest BCUT2D eigenvalue weighted by molar-refractivity contribution is 7.92.